The van der Waals surface area contributed by atoms with Crippen molar-refractivity contribution in [3.05, 3.63) is 33.8 Å². The summed E-state index contributed by atoms with van der Waals surface area (Å²) in [5.74, 6) is -0.468. The summed E-state index contributed by atoms with van der Waals surface area (Å²) in [7, 11) is 0. The molecule has 94 valence electrons. The molecule has 0 N–H and O–H groups in total. The van der Waals surface area contributed by atoms with Crippen molar-refractivity contribution in [1.29, 1.82) is 0 Å². The van der Waals surface area contributed by atoms with Crippen LogP contribution in [0.3, 0.4) is 0 Å². The maximum absolute atomic E-state index is 12.6. The molecular weight excluding hydrogens is 301 g/mol. The van der Waals surface area contributed by atoms with E-state index in [2.05, 4.69) is 15.9 Å². The highest BCUT2D eigenvalue weighted by Gasteiger charge is 2.33. The minimum Gasteiger partial charge on any atom is -0.374 e. The van der Waals surface area contributed by atoms with Gasteiger partial charge in [-0.15, -0.1) is 0 Å². The second-order valence-electron chi connectivity index (χ2n) is 3.25. The molecule has 0 aliphatic rings. The molecular formula is C11H10BrF3O2. The summed E-state index contributed by atoms with van der Waals surface area (Å²) in [5, 5.41) is 0. The number of rotatable bonds is 4. The molecule has 17 heavy (non-hydrogen) atoms. The molecule has 0 fully saturated rings. The lowest BCUT2D eigenvalue weighted by atomic mass is 10.1. The number of Topliss-reactive ketones (excluding diaryl/α,β-unsaturated/α-hetero) is 1. The molecule has 0 radical (unpaired) electrons. The molecule has 1 aromatic rings. The van der Waals surface area contributed by atoms with Crippen molar-refractivity contribution in [2.24, 2.45) is 0 Å². The van der Waals surface area contributed by atoms with E-state index in [4.69, 9.17) is 4.74 Å². The van der Waals surface area contributed by atoms with Crippen molar-refractivity contribution in [3.63, 3.8) is 0 Å². The van der Waals surface area contributed by atoms with Gasteiger partial charge in [-0.05, 0) is 19.1 Å². The highest BCUT2D eigenvalue weighted by molar-refractivity contribution is 9.10. The van der Waals surface area contributed by atoms with Crippen molar-refractivity contribution in [1.82, 2.24) is 0 Å². The van der Waals surface area contributed by atoms with Crippen molar-refractivity contribution in [2.45, 2.75) is 13.1 Å². The van der Waals surface area contributed by atoms with E-state index in [1.165, 1.54) is 12.1 Å². The summed E-state index contributed by atoms with van der Waals surface area (Å²) in [6.45, 7) is 1.83. The van der Waals surface area contributed by atoms with Crippen LogP contribution >= 0.6 is 15.9 Å². The molecule has 2 nitrogen and oxygen atoms in total. The molecule has 0 aliphatic heterocycles. The first-order valence-corrected chi connectivity index (χ1v) is 5.63. The van der Waals surface area contributed by atoms with Crippen LogP contribution in [-0.2, 0) is 10.9 Å². The molecule has 0 spiro atoms. The summed E-state index contributed by atoms with van der Waals surface area (Å²) in [4.78, 5) is 11.5. The topological polar surface area (TPSA) is 26.3 Å². The van der Waals surface area contributed by atoms with Crippen molar-refractivity contribution in [2.75, 3.05) is 13.2 Å². The van der Waals surface area contributed by atoms with Crippen LogP contribution in [0.1, 0.15) is 22.8 Å². The Bertz CT molecular complexity index is 416. The van der Waals surface area contributed by atoms with Gasteiger partial charge in [-0.2, -0.15) is 13.2 Å². The average molecular weight is 311 g/mol. The fraction of sp³-hybridized carbons (Fsp3) is 0.364. The molecule has 6 heteroatoms. The van der Waals surface area contributed by atoms with Gasteiger partial charge in [0.25, 0.3) is 0 Å². The van der Waals surface area contributed by atoms with Gasteiger partial charge in [0, 0.05) is 16.6 Å². The van der Waals surface area contributed by atoms with E-state index in [1.807, 2.05) is 0 Å². The normalized spacial score (nSPS) is 11.6. The second kappa shape index (κ2) is 5.64. The summed E-state index contributed by atoms with van der Waals surface area (Å²) in [6.07, 6.45) is -4.49. The number of halogens is 4. The number of hydrogen-bond donors (Lipinski definition) is 0. The van der Waals surface area contributed by atoms with Gasteiger partial charge < -0.3 is 4.74 Å². The largest absolute Gasteiger partial charge is 0.417 e. The first-order valence-electron chi connectivity index (χ1n) is 4.84. The van der Waals surface area contributed by atoms with E-state index in [9.17, 15) is 18.0 Å². The van der Waals surface area contributed by atoms with Crippen LogP contribution in [0.5, 0.6) is 0 Å². The Hall–Kier alpha value is -0.880. The molecule has 0 saturated carbocycles. The van der Waals surface area contributed by atoms with Gasteiger partial charge in [0.2, 0.25) is 0 Å². The Morgan fingerprint density at radius 2 is 2.06 bits per heavy atom. The molecule has 0 aromatic heterocycles. The minimum atomic E-state index is -4.49. The summed E-state index contributed by atoms with van der Waals surface area (Å²) >= 11 is 2.81. The van der Waals surface area contributed by atoms with E-state index in [0.717, 1.165) is 6.07 Å². The predicted octanol–water partition coefficient (Wildman–Crippen LogP) is 3.69. The Morgan fingerprint density at radius 3 is 2.59 bits per heavy atom. The van der Waals surface area contributed by atoms with Crippen LogP contribution < -0.4 is 0 Å². The predicted molar refractivity (Wildman–Crippen MR) is 60.0 cm³/mol. The van der Waals surface area contributed by atoms with Gasteiger partial charge in [0.1, 0.15) is 6.61 Å². The maximum Gasteiger partial charge on any atom is 0.417 e. The summed E-state index contributed by atoms with van der Waals surface area (Å²) in [5.41, 5.74) is -0.867. The lowest BCUT2D eigenvalue weighted by Crippen LogP contribution is -2.12. The van der Waals surface area contributed by atoms with Gasteiger partial charge in [-0.25, -0.2) is 0 Å². The first kappa shape index (κ1) is 14.2. The number of benzene rings is 1. The van der Waals surface area contributed by atoms with E-state index in [1.54, 1.807) is 6.92 Å². The van der Waals surface area contributed by atoms with Gasteiger partial charge in [-0.3, -0.25) is 4.79 Å². The van der Waals surface area contributed by atoms with E-state index in [-0.39, 0.29) is 16.6 Å². The maximum atomic E-state index is 12.6. The number of hydrogen-bond acceptors (Lipinski definition) is 2. The third-order valence-corrected chi connectivity index (χ3v) is 2.72. The van der Waals surface area contributed by atoms with Crippen LogP contribution in [0.15, 0.2) is 22.7 Å². The van der Waals surface area contributed by atoms with Crippen LogP contribution in [0.2, 0.25) is 0 Å². The number of ketones is 1. The third-order valence-electron chi connectivity index (χ3n) is 2.03. The highest BCUT2D eigenvalue weighted by Crippen LogP contribution is 2.35. The first-order chi connectivity index (χ1) is 7.86. The van der Waals surface area contributed by atoms with Crippen molar-refractivity contribution in [3.8, 4) is 0 Å². The number of carbonyl (C=O) groups is 1. The molecule has 0 amide bonds. The highest BCUT2D eigenvalue weighted by atomic mass is 79.9. The zero-order valence-electron chi connectivity index (χ0n) is 8.97. The van der Waals surface area contributed by atoms with Gasteiger partial charge in [0.15, 0.2) is 5.78 Å². The molecule has 0 saturated heterocycles. The molecule has 0 bridgehead atoms. The van der Waals surface area contributed by atoms with E-state index >= 15 is 0 Å². The molecule has 0 unspecified atom stereocenters. The molecule has 1 rings (SSSR count). The van der Waals surface area contributed by atoms with Crippen LogP contribution in [0, 0.1) is 0 Å². The summed E-state index contributed by atoms with van der Waals surface area (Å²) in [6, 6.07) is 3.37. The SMILES string of the molecule is CCOCC(=O)c1ccc(Br)c(C(F)(F)F)c1. The van der Waals surface area contributed by atoms with Crippen LogP contribution in [0.25, 0.3) is 0 Å². The number of ether oxygens (including phenoxy) is 1. The molecule has 0 heterocycles. The van der Waals surface area contributed by atoms with Crippen molar-refractivity contribution >= 4 is 21.7 Å². The van der Waals surface area contributed by atoms with E-state index < -0.39 is 17.5 Å². The Kier molecular flexibility index (Phi) is 4.70. The quantitative estimate of drug-likeness (QED) is 0.793. The van der Waals surface area contributed by atoms with Gasteiger partial charge >= 0.3 is 6.18 Å². The second-order valence-corrected chi connectivity index (χ2v) is 4.11. The van der Waals surface area contributed by atoms with Gasteiger partial charge in [0.05, 0.1) is 5.56 Å². The monoisotopic (exact) mass is 310 g/mol. The lowest BCUT2D eigenvalue weighted by molar-refractivity contribution is -0.138. The average Bonchev–Trinajstić information content (AvgIpc) is 2.25. The minimum absolute atomic E-state index is 0.00558. The number of alkyl halides is 3. The third kappa shape index (κ3) is 3.81. The van der Waals surface area contributed by atoms with Gasteiger partial charge in [-0.1, -0.05) is 22.0 Å². The fourth-order valence-corrected chi connectivity index (χ4v) is 1.67. The zero-order valence-corrected chi connectivity index (χ0v) is 10.6. The van der Waals surface area contributed by atoms with Crippen LogP contribution in [-0.4, -0.2) is 19.0 Å². The fourth-order valence-electron chi connectivity index (χ4n) is 1.19. The Morgan fingerprint density at radius 1 is 1.41 bits per heavy atom. The summed E-state index contributed by atoms with van der Waals surface area (Å²) < 4.78 is 42.5. The Labute approximate surface area is 105 Å². The molecule has 1 aromatic carbocycles. The molecule has 0 atom stereocenters. The molecule has 0 aliphatic carbocycles. The zero-order chi connectivity index (χ0) is 13.1. The van der Waals surface area contributed by atoms with Crippen molar-refractivity contribution < 1.29 is 22.7 Å². The van der Waals surface area contributed by atoms with E-state index in [0.29, 0.717) is 6.61 Å². The Balaban J connectivity index is 3.00. The number of carbonyl (C=O) groups excluding carboxylic acids is 1. The standard InChI is InChI=1S/C11H10BrF3O2/c1-2-17-6-10(16)7-3-4-9(12)8(5-7)11(13,14)15/h3-5H,2,6H2,1H3. The lowest BCUT2D eigenvalue weighted by Gasteiger charge is -2.10. The smallest absolute Gasteiger partial charge is 0.374 e. The van der Waals surface area contributed by atoms with Crippen LogP contribution in [0.4, 0.5) is 13.2 Å².